The van der Waals surface area contributed by atoms with Crippen LogP contribution in [0.1, 0.15) is 47.3 Å². The minimum absolute atomic E-state index is 0.0807. The summed E-state index contributed by atoms with van der Waals surface area (Å²) in [5.41, 5.74) is -0.119. The van der Waals surface area contributed by atoms with E-state index in [1.807, 2.05) is 12.1 Å². The molecule has 0 bridgehead atoms. The molecule has 2 aromatic heterocycles. The van der Waals surface area contributed by atoms with E-state index in [-0.39, 0.29) is 12.1 Å². The first kappa shape index (κ1) is 19.1. The van der Waals surface area contributed by atoms with Gasteiger partial charge in [-0.15, -0.1) is 0 Å². The highest BCUT2D eigenvalue weighted by molar-refractivity contribution is 5.93. The summed E-state index contributed by atoms with van der Waals surface area (Å²) in [4.78, 5) is 22.1. The number of pyridine rings is 2. The van der Waals surface area contributed by atoms with E-state index in [1.54, 1.807) is 6.20 Å². The molecular weight excluding hydrogens is 357 g/mol. The van der Waals surface area contributed by atoms with Crippen molar-refractivity contribution in [1.82, 2.24) is 15.3 Å². The van der Waals surface area contributed by atoms with Gasteiger partial charge in [0, 0.05) is 32.0 Å². The molecular formula is C19H21F3N4O. The van der Waals surface area contributed by atoms with Crippen LogP contribution in [0, 0.1) is 0 Å². The second kappa shape index (κ2) is 8.37. The molecule has 0 spiro atoms. The van der Waals surface area contributed by atoms with Crippen LogP contribution in [-0.4, -0.2) is 29.0 Å². The van der Waals surface area contributed by atoms with Crippen molar-refractivity contribution in [3.8, 4) is 0 Å². The maximum absolute atomic E-state index is 12.5. The van der Waals surface area contributed by atoms with Crippen LogP contribution >= 0.6 is 0 Å². The van der Waals surface area contributed by atoms with Gasteiger partial charge in [0.15, 0.2) is 0 Å². The minimum Gasteiger partial charge on any atom is -0.357 e. The summed E-state index contributed by atoms with van der Waals surface area (Å²) in [6, 6.07) is 5.75. The van der Waals surface area contributed by atoms with Crippen molar-refractivity contribution >= 4 is 11.7 Å². The number of rotatable bonds is 4. The maximum Gasteiger partial charge on any atom is 0.433 e. The second-order valence-electron chi connectivity index (χ2n) is 6.54. The molecule has 8 heteroatoms. The smallest absolute Gasteiger partial charge is 0.357 e. The molecule has 1 amide bonds. The van der Waals surface area contributed by atoms with Crippen molar-refractivity contribution in [2.75, 3.05) is 18.0 Å². The van der Waals surface area contributed by atoms with Crippen LogP contribution in [0.3, 0.4) is 0 Å². The number of carbonyl (C=O) groups is 1. The Kier molecular flexibility index (Phi) is 5.93. The van der Waals surface area contributed by atoms with Crippen LogP contribution in [-0.2, 0) is 12.7 Å². The summed E-state index contributed by atoms with van der Waals surface area (Å²) < 4.78 is 37.5. The van der Waals surface area contributed by atoms with Gasteiger partial charge >= 0.3 is 6.18 Å². The van der Waals surface area contributed by atoms with Gasteiger partial charge in [-0.25, -0.2) is 4.98 Å². The van der Waals surface area contributed by atoms with Gasteiger partial charge in [0.1, 0.15) is 11.5 Å². The first-order chi connectivity index (χ1) is 12.9. The van der Waals surface area contributed by atoms with E-state index in [9.17, 15) is 18.0 Å². The highest BCUT2D eigenvalue weighted by Gasteiger charge is 2.32. The van der Waals surface area contributed by atoms with Crippen molar-refractivity contribution in [3.63, 3.8) is 0 Å². The fourth-order valence-corrected chi connectivity index (χ4v) is 2.99. The SMILES string of the molecule is O=C(NCc1ccc(N2CCCCCC2)nc1)c1ccc(C(F)(F)F)nc1. The van der Waals surface area contributed by atoms with E-state index in [2.05, 4.69) is 20.2 Å². The Morgan fingerprint density at radius 3 is 2.30 bits per heavy atom. The van der Waals surface area contributed by atoms with Gasteiger partial charge in [0.05, 0.1) is 5.56 Å². The van der Waals surface area contributed by atoms with E-state index in [1.165, 1.54) is 25.7 Å². The zero-order valence-electron chi connectivity index (χ0n) is 14.8. The van der Waals surface area contributed by atoms with Crippen molar-refractivity contribution in [3.05, 3.63) is 53.5 Å². The lowest BCUT2D eigenvalue weighted by atomic mass is 10.2. The highest BCUT2D eigenvalue weighted by Crippen LogP contribution is 2.27. The van der Waals surface area contributed by atoms with Crippen LogP contribution in [0.25, 0.3) is 0 Å². The van der Waals surface area contributed by atoms with Gasteiger partial charge in [-0.05, 0) is 36.6 Å². The number of nitrogens with one attached hydrogen (secondary N) is 1. The van der Waals surface area contributed by atoms with Crippen LogP contribution in [0.5, 0.6) is 0 Å². The molecule has 0 unspecified atom stereocenters. The number of nitrogens with zero attached hydrogens (tertiary/aromatic N) is 3. The third kappa shape index (κ3) is 5.18. The molecule has 27 heavy (non-hydrogen) atoms. The molecule has 1 aliphatic rings. The zero-order valence-corrected chi connectivity index (χ0v) is 14.8. The molecule has 2 aromatic rings. The fraction of sp³-hybridized carbons (Fsp3) is 0.421. The molecule has 3 heterocycles. The number of alkyl halides is 3. The lowest BCUT2D eigenvalue weighted by Crippen LogP contribution is -2.25. The van der Waals surface area contributed by atoms with Crippen LogP contribution < -0.4 is 10.2 Å². The normalized spacial score (nSPS) is 15.3. The zero-order chi connectivity index (χ0) is 19.3. The average molecular weight is 378 g/mol. The fourth-order valence-electron chi connectivity index (χ4n) is 2.99. The number of hydrogen-bond acceptors (Lipinski definition) is 4. The number of amides is 1. The molecule has 5 nitrogen and oxygen atoms in total. The monoisotopic (exact) mass is 378 g/mol. The predicted octanol–water partition coefficient (Wildman–Crippen LogP) is 3.81. The summed E-state index contributed by atoms with van der Waals surface area (Å²) in [6.45, 7) is 2.25. The first-order valence-electron chi connectivity index (χ1n) is 8.95. The summed E-state index contributed by atoms with van der Waals surface area (Å²) in [5.74, 6) is 0.451. The molecule has 3 rings (SSSR count). The largest absolute Gasteiger partial charge is 0.433 e. The van der Waals surface area contributed by atoms with E-state index in [0.29, 0.717) is 0 Å². The number of halogens is 3. The predicted molar refractivity (Wildman–Crippen MR) is 95.3 cm³/mol. The first-order valence-corrected chi connectivity index (χ1v) is 8.95. The molecule has 1 N–H and O–H groups in total. The number of carbonyl (C=O) groups excluding carboxylic acids is 1. The Labute approximate surface area is 155 Å². The Hall–Kier alpha value is -2.64. The molecule has 0 atom stereocenters. The molecule has 1 aliphatic heterocycles. The van der Waals surface area contributed by atoms with E-state index < -0.39 is 17.8 Å². The van der Waals surface area contributed by atoms with Crippen LogP contribution in [0.4, 0.5) is 19.0 Å². The molecule has 0 aliphatic carbocycles. The van der Waals surface area contributed by atoms with E-state index in [0.717, 1.165) is 42.8 Å². The number of hydrogen-bond donors (Lipinski definition) is 1. The Balaban J connectivity index is 1.55. The minimum atomic E-state index is -4.52. The molecule has 1 saturated heterocycles. The standard InChI is InChI=1S/C19H21F3N4O/c20-19(21,22)16-7-6-15(13-23-16)18(27)25-12-14-5-8-17(24-11-14)26-9-3-1-2-4-10-26/h5-8,11,13H,1-4,9-10,12H2,(H,25,27). The Morgan fingerprint density at radius 2 is 1.74 bits per heavy atom. The third-order valence-electron chi connectivity index (χ3n) is 4.51. The summed E-state index contributed by atoms with van der Waals surface area (Å²) >= 11 is 0. The van der Waals surface area contributed by atoms with Crippen molar-refractivity contribution in [2.24, 2.45) is 0 Å². The third-order valence-corrected chi connectivity index (χ3v) is 4.51. The lowest BCUT2D eigenvalue weighted by molar-refractivity contribution is -0.141. The highest BCUT2D eigenvalue weighted by atomic mass is 19.4. The Morgan fingerprint density at radius 1 is 1.00 bits per heavy atom. The van der Waals surface area contributed by atoms with Gasteiger partial charge in [0.25, 0.3) is 5.91 Å². The van der Waals surface area contributed by atoms with Gasteiger partial charge in [-0.2, -0.15) is 13.2 Å². The number of aromatic nitrogens is 2. The van der Waals surface area contributed by atoms with Gasteiger partial charge in [-0.3, -0.25) is 9.78 Å². The molecule has 1 fully saturated rings. The maximum atomic E-state index is 12.5. The van der Waals surface area contributed by atoms with Crippen LogP contribution in [0.2, 0.25) is 0 Å². The van der Waals surface area contributed by atoms with Crippen molar-refractivity contribution in [2.45, 2.75) is 38.4 Å². The average Bonchev–Trinajstić information content (AvgIpc) is 2.95. The van der Waals surface area contributed by atoms with E-state index >= 15 is 0 Å². The van der Waals surface area contributed by atoms with Gasteiger partial charge in [0.2, 0.25) is 0 Å². The van der Waals surface area contributed by atoms with Crippen molar-refractivity contribution in [1.29, 1.82) is 0 Å². The molecule has 0 saturated carbocycles. The summed E-state index contributed by atoms with van der Waals surface area (Å²) in [6.07, 6.45) is 2.96. The number of anilines is 1. The topological polar surface area (TPSA) is 58.1 Å². The summed E-state index contributed by atoms with van der Waals surface area (Å²) in [5, 5.41) is 2.67. The van der Waals surface area contributed by atoms with Crippen molar-refractivity contribution < 1.29 is 18.0 Å². The summed E-state index contributed by atoms with van der Waals surface area (Å²) in [7, 11) is 0. The molecule has 0 radical (unpaired) electrons. The quantitative estimate of drug-likeness (QED) is 0.879. The Bertz CT molecular complexity index is 752. The van der Waals surface area contributed by atoms with E-state index in [4.69, 9.17) is 0 Å². The molecule has 0 aromatic carbocycles. The lowest BCUT2D eigenvalue weighted by Gasteiger charge is -2.21. The van der Waals surface area contributed by atoms with Crippen LogP contribution in [0.15, 0.2) is 36.7 Å². The molecule has 144 valence electrons. The van der Waals surface area contributed by atoms with Gasteiger partial charge in [-0.1, -0.05) is 18.9 Å². The van der Waals surface area contributed by atoms with Gasteiger partial charge < -0.3 is 10.2 Å². The second-order valence-corrected chi connectivity index (χ2v) is 6.54.